The molecule has 1 aliphatic rings. The summed E-state index contributed by atoms with van der Waals surface area (Å²) in [4.78, 5) is 0. The second kappa shape index (κ2) is 4.82. The molecular formula is C14H18N4. The van der Waals surface area contributed by atoms with Crippen LogP contribution < -0.4 is 10.6 Å². The van der Waals surface area contributed by atoms with Crippen molar-refractivity contribution in [2.45, 2.75) is 19.4 Å². The molecular weight excluding hydrogens is 224 g/mol. The van der Waals surface area contributed by atoms with E-state index in [0.717, 1.165) is 31.0 Å². The zero-order chi connectivity index (χ0) is 12.4. The fourth-order valence-corrected chi connectivity index (χ4v) is 2.46. The summed E-state index contributed by atoms with van der Waals surface area (Å²) >= 11 is 0. The largest absolute Gasteiger partial charge is 0.364 e. The lowest BCUT2D eigenvalue weighted by Gasteiger charge is -2.12. The van der Waals surface area contributed by atoms with Crippen molar-refractivity contribution in [1.82, 2.24) is 15.5 Å². The Labute approximate surface area is 107 Å². The Hall–Kier alpha value is -1.81. The number of anilines is 1. The van der Waals surface area contributed by atoms with Gasteiger partial charge >= 0.3 is 0 Å². The lowest BCUT2D eigenvalue weighted by Crippen LogP contribution is -2.22. The smallest absolute Gasteiger partial charge is 0.156 e. The number of hydrogen-bond donors (Lipinski definition) is 3. The third-order valence-corrected chi connectivity index (χ3v) is 3.41. The molecule has 18 heavy (non-hydrogen) atoms. The Balaban J connectivity index is 1.91. The quantitative estimate of drug-likeness (QED) is 0.773. The number of hydrogen-bond acceptors (Lipinski definition) is 3. The van der Waals surface area contributed by atoms with E-state index in [9.17, 15) is 0 Å². The van der Waals surface area contributed by atoms with E-state index in [2.05, 4.69) is 52.0 Å². The maximum absolute atomic E-state index is 4.39. The lowest BCUT2D eigenvalue weighted by molar-refractivity contribution is 0.786. The highest BCUT2D eigenvalue weighted by Gasteiger charge is 2.18. The van der Waals surface area contributed by atoms with Crippen LogP contribution in [-0.4, -0.2) is 29.3 Å². The summed E-state index contributed by atoms with van der Waals surface area (Å²) in [5.74, 6) is 0.965. The maximum atomic E-state index is 4.39. The summed E-state index contributed by atoms with van der Waals surface area (Å²) in [6, 6.07) is 10.9. The Morgan fingerprint density at radius 1 is 1.28 bits per heavy atom. The predicted octanol–water partition coefficient (Wildman–Crippen LogP) is 2.16. The number of nitrogens with one attached hydrogen (secondary N) is 3. The van der Waals surface area contributed by atoms with E-state index in [-0.39, 0.29) is 0 Å². The van der Waals surface area contributed by atoms with Gasteiger partial charge in [0.15, 0.2) is 5.82 Å². The van der Waals surface area contributed by atoms with Gasteiger partial charge in [-0.25, -0.2) is 0 Å². The van der Waals surface area contributed by atoms with Crippen molar-refractivity contribution in [3.05, 3.63) is 36.0 Å². The van der Waals surface area contributed by atoms with Crippen molar-refractivity contribution in [1.29, 1.82) is 0 Å². The fraction of sp³-hybridized carbons (Fsp3) is 0.357. The summed E-state index contributed by atoms with van der Waals surface area (Å²) in [5.41, 5.74) is 3.49. The molecule has 3 N–H and O–H groups in total. The van der Waals surface area contributed by atoms with Gasteiger partial charge in [-0.15, -0.1) is 0 Å². The van der Waals surface area contributed by atoms with Crippen LogP contribution in [0.4, 0.5) is 5.82 Å². The van der Waals surface area contributed by atoms with Gasteiger partial charge in [-0.05, 0) is 25.5 Å². The molecule has 4 nitrogen and oxygen atoms in total. The summed E-state index contributed by atoms with van der Waals surface area (Å²) in [5, 5.41) is 14.4. The first-order valence-corrected chi connectivity index (χ1v) is 6.42. The third-order valence-electron chi connectivity index (χ3n) is 3.41. The number of benzene rings is 1. The SMILES string of the molecule is Cc1[nH]nc(NC2CCNC2)c1-c1ccccc1. The van der Waals surface area contributed by atoms with Crippen molar-refractivity contribution in [2.75, 3.05) is 18.4 Å². The van der Waals surface area contributed by atoms with Crippen LogP contribution >= 0.6 is 0 Å². The molecule has 2 heterocycles. The highest BCUT2D eigenvalue weighted by Crippen LogP contribution is 2.29. The van der Waals surface area contributed by atoms with Crippen molar-refractivity contribution >= 4 is 5.82 Å². The fourth-order valence-electron chi connectivity index (χ4n) is 2.46. The highest BCUT2D eigenvalue weighted by molar-refractivity contribution is 5.77. The summed E-state index contributed by atoms with van der Waals surface area (Å²) in [6.45, 7) is 4.16. The molecule has 2 aromatic rings. The minimum Gasteiger partial charge on any atom is -0.364 e. The molecule has 1 saturated heterocycles. The molecule has 1 aromatic heterocycles. The van der Waals surface area contributed by atoms with Crippen LogP contribution in [0.5, 0.6) is 0 Å². The molecule has 1 fully saturated rings. The van der Waals surface area contributed by atoms with Gasteiger partial charge < -0.3 is 10.6 Å². The van der Waals surface area contributed by atoms with Gasteiger partial charge in [0.1, 0.15) is 0 Å². The normalized spacial score (nSPS) is 19.1. The number of nitrogens with zero attached hydrogens (tertiary/aromatic N) is 1. The molecule has 1 unspecified atom stereocenters. The van der Waals surface area contributed by atoms with Crippen LogP contribution in [0.2, 0.25) is 0 Å². The molecule has 94 valence electrons. The number of H-pyrrole nitrogens is 1. The second-order valence-electron chi connectivity index (χ2n) is 4.77. The molecule has 0 amide bonds. The zero-order valence-corrected chi connectivity index (χ0v) is 10.5. The maximum Gasteiger partial charge on any atom is 0.156 e. The van der Waals surface area contributed by atoms with Crippen molar-refractivity contribution in [2.24, 2.45) is 0 Å². The van der Waals surface area contributed by atoms with Crippen LogP contribution in [-0.2, 0) is 0 Å². The molecule has 0 bridgehead atoms. The Kier molecular flexibility index (Phi) is 3.02. The van der Waals surface area contributed by atoms with Crippen LogP contribution in [0, 0.1) is 6.92 Å². The van der Waals surface area contributed by atoms with Gasteiger partial charge in [0.05, 0.1) is 0 Å². The van der Waals surface area contributed by atoms with Crippen molar-refractivity contribution in [3.8, 4) is 11.1 Å². The lowest BCUT2D eigenvalue weighted by atomic mass is 10.1. The van der Waals surface area contributed by atoms with Crippen molar-refractivity contribution < 1.29 is 0 Å². The van der Waals surface area contributed by atoms with Gasteiger partial charge in [0.25, 0.3) is 0 Å². The molecule has 4 heteroatoms. The van der Waals surface area contributed by atoms with E-state index >= 15 is 0 Å². The molecule has 0 spiro atoms. The first kappa shape index (κ1) is 11.3. The second-order valence-corrected chi connectivity index (χ2v) is 4.77. The minimum atomic E-state index is 0.482. The van der Waals surface area contributed by atoms with Crippen molar-refractivity contribution in [3.63, 3.8) is 0 Å². The average molecular weight is 242 g/mol. The monoisotopic (exact) mass is 242 g/mol. The van der Waals surface area contributed by atoms with E-state index in [1.165, 1.54) is 11.1 Å². The van der Waals surface area contributed by atoms with Gasteiger partial charge in [0.2, 0.25) is 0 Å². The Morgan fingerprint density at radius 3 is 2.83 bits per heavy atom. The van der Waals surface area contributed by atoms with Gasteiger partial charge in [-0.2, -0.15) is 5.10 Å². The molecule has 0 saturated carbocycles. The first-order chi connectivity index (χ1) is 8.84. The van der Waals surface area contributed by atoms with Crippen LogP contribution in [0.3, 0.4) is 0 Å². The summed E-state index contributed by atoms with van der Waals surface area (Å²) in [7, 11) is 0. The molecule has 0 aliphatic carbocycles. The Morgan fingerprint density at radius 2 is 2.11 bits per heavy atom. The molecule has 3 rings (SSSR count). The van der Waals surface area contributed by atoms with Gasteiger partial charge in [-0.3, -0.25) is 5.10 Å². The van der Waals surface area contributed by atoms with Crippen LogP contribution in [0.15, 0.2) is 30.3 Å². The highest BCUT2D eigenvalue weighted by atomic mass is 15.2. The molecule has 1 aliphatic heterocycles. The van der Waals surface area contributed by atoms with E-state index in [1.54, 1.807) is 0 Å². The minimum absolute atomic E-state index is 0.482. The van der Waals surface area contributed by atoms with E-state index in [0.29, 0.717) is 6.04 Å². The third kappa shape index (κ3) is 2.11. The number of aromatic amines is 1. The predicted molar refractivity (Wildman–Crippen MR) is 73.7 cm³/mol. The number of aromatic nitrogens is 2. The standard InChI is InChI=1S/C14H18N4/c1-10-13(11-5-3-2-4-6-11)14(18-17-10)16-12-7-8-15-9-12/h2-6,12,15H,7-9H2,1H3,(H2,16,17,18). The van der Waals surface area contributed by atoms with Gasteiger partial charge in [0, 0.05) is 23.8 Å². The molecule has 1 atom stereocenters. The summed E-state index contributed by atoms with van der Waals surface area (Å²) in [6.07, 6.45) is 1.15. The van der Waals surface area contributed by atoms with E-state index < -0.39 is 0 Å². The van der Waals surface area contributed by atoms with E-state index in [4.69, 9.17) is 0 Å². The molecule has 1 aromatic carbocycles. The average Bonchev–Trinajstić information content (AvgIpc) is 3.02. The topological polar surface area (TPSA) is 52.7 Å². The zero-order valence-electron chi connectivity index (χ0n) is 10.5. The first-order valence-electron chi connectivity index (χ1n) is 6.42. The number of aryl methyl sites for hydroxylation is 1. The van der Waals surface area contributed by atoms with Crippen LogP contribution in [0.25, 0.3) is 11.1 Å². The van der Waals surface area contributed by atoms with E-state index in [1.807, 2.05) is 6.07 Å². The Bertz CT molecular complexity index is 512. The molecule has 0 radical (unpaired) electrons. The summed E-state index contributed by atoms with van der Waals surface area (Å²) < 4.78 is 0. The van der Waals surface area contributed by atoms with Crippen LogP contribution in [0.1, 0.15) is 12.1 Å². The number of rotatable bonds is 3. The van der Waals surface area contributed by atoms with Gasteiger partial charge in [-0.1, -0.05) is 30.3 Å².